The van der Waals surface area contributed by atoms with Crippen LogP contribution in [0.25, 0.3) is 10.1 Å². The quantitative estimate of drug-likeness (QED) is 0.726. The average molecular weight is 271 g/mol. The van der Waals surface area contributed by atoms with E-state index in [4.69, 9.17) is 0 Å². The maximum atomic E-state index is 4.15. The van der Waals surface area contributed by atoms with Gasteiger partial charge in [-0.15, -0.1) is 11.3 Å². The van der Waals surface area contributed by atoms with E-state index in [0.717, 1.165) is 12.1 Å². The van der Waals surface area contributed by atoms with Crippen LogP contribution in [0.3, 0.4) is 0 Å². The topological polar surface area (TPSA) is 3.24 Å². The van der Waals surface area contributed by atoms with Crippen molar-refractivity contribution in [3.8, 4) is 0 Å². The van der Waals surface area contributed by atoms with Gasteiger partial charge in [0.05, 0.1) is 0 Å². The van der Waals surface area contributed by atoms with Gasteiger partial charge in [0.15, 0.2) is 0 Å². The summed E-state index contributed by atoms with van der Waals surface area (Å²) in [4.78, 5) is 3.40. The van der Waals surface area contributed by atoms with Gasteiger partial charge in [-0.1, -0.05) is 45.2 Å². The summed E-state index contributed by atoms with van der Waals surface area (Å²) in [5.74, 6) is 0. The SMILES string of the molecule is C=CN(C)C(=C)CC(C)(C)c1cc2ccccc2s1. The normalized spacial score (nSPS) is 11.5. The molecule has 0 aliphatic heterocycles. The van der Waals surface area contributed by atoms with Crippen molar-refractivity contribution in [3.63, 3.8) is 0 Å². The summed E-state index contributed by atoms with van der Waals surface area (Å²) < 4.78 is 1.35. The molecule has 1 heterocycles. The van der Waals surface area contributed by atoms with Crippen LogP contribution in [-0.4, -0.2) is 11.9 Å². The minimum atomic E-state index is 0.0953. The second kappa shape index (κ2) is 5.22. The Morgan fingerprint density at radius 2 is 2.05 bits per heavy atom. The van der Waals surface area contributed by atoms with Gasteiger partial charge in [0.2, 0.25) is 0 Å². The van der Waals surface area contributed by atoms with Crippen molar-refractivity contribution in [2.24, 2.45) is 0 Å². The molecule has 19 heavy (non-hydrogen) atoms. The van der Waals surface area contributed by atoms with E-state index in [-0.39, 0.29) is 5.41 Å². The molecule has 0 spiro atoms. The molecule has 0 aliphatic carbocycles. The summed E-state index contributed by atoms with van der Waals surface area (Å²) in [6, 6.07) is 10.9. The Labute approximate surface area is 119 Å². The first-order chi connectivity index (χ1) is 8.94. The lowest BCUT2D eigenvalue weighted by atomic mass is 9.86. The molecule has 0 radical (unpaired) electrons. The Kier molecular flexibility index (Phi) is 3.81. The molecule has 0 atom stereocenters. The Morgan fingerprint density at radius 3 is 2.68 bits per heavy atom. The predicted molar refractivity (Wildman–Crippen MR) is 86.6 cm³/mol. The van der Waals surface area contributed by atoms with Gasteiger partial charge in [0, 0.05) is 27.7 Å². The van der Waals surface area contributed by atoms with E-state index in [9.17, 15) is 0 Å². The fourth-order valence-corrected chi connectivity index (χ4v) is 3.33. The number of thiophene rings is 1. The molecular weight excluding hydrogens is 250 g/mol. The highest BCUT2D eigenvalue weighted by molar-refractivity contribution is 7.19. The third kappa shape index (κ3) is 2.90. The molecule has 0 amide bonds. The van der Waals surface area contributed by atoms with Crippen LogP contribution in [0.1, 0.15) is 25.1 Å². The second-order valence-corrected chi connectivity index (χ2v) is 6.65. The number of hydrogen-bond acceptors (Lipinski definition) is 2. The van der Waals surface area contributed by atoms with Gasteiger partial charge in [-0.3, -0.25) is 0 Å². The molecule has 1 aromatic carbocycles. The van der Waals surface area contributed by atoms with Crippen LogP contribution in [0.2, 0.25) is 0 Å². The number of benzene rings is 1. The van der Waals surface area contributed by atoms with E-state index >= 15 is 0 Å². The Morgan fingerprint density at radius 1 is 1.37 bits per heavy atom. The van der Waals surface area contributed by atoms with Crippen LogP contribution >= 0.6 is 11.3 Å². The maximum absolute atomic E-state index is 4.15. The molecule has 100 valence electrons. The number of nitrogens with zero attached hydrogens (tertiary/aromatic N) is 1. The van der Waals surface area contributed by atoms with Crippen molar-refractivity contribution in [2.75, 3.05) is 7.05 Å². The van der Waals surface area contributed by atoms with Crippen LogP contribution in [-0.2, 0) is 5.41 Å². The highest BCUT2D eigenvalue weighted by atomic mass is 32.1. The lowest BCUT2D eigenvalue weighted by Crippen LogP contribution is -2.21. The van der Waals surface area contributed by atoms with Gasteiger partial charge in [-0.2, -0.15) is 0 Å². The smallest absolute Gasteiger partial charge is 0.0345 e. The first-order valence-corrected chi connectivity index (χ1v) is 7.28. The molecule has 0 unspecified atom stereocenters. The van der Waals surface area contributed by atoms with E-state index < -0.39 is 0 Å². The van der Waals surface area contributed by atoms with Crippen LogP contribution in [0.15, 0.2) is 55.4 Å². The van der Waals surface area contributed by atoms with Crippen molar-refractivity contribution < 1.29 is 0 Å². The zero-order valence-electron chi connectivity index (χ0n) is 11.9. The van der Waals surface area contributed by atoms with E-state index in [0.29, 0.717) is 0 Å². The van der Waals surface area contributed by atoms with E-state index in [1.54, 1.807) is 0 Å². The molecule has 0 saturated heterocycles. The minimum absolute atomic E-state index is 0.0953. The van der Waals surface area contributed by atoms with E-state index in [2.05, 4.69) is 57.3 Å². The van der Waals surface area contributed by atoms with Crippen LogP contribution < -0.4 is 0 Å². The standard InChI is InChI=1S/C17H21NS/c1-6-18(5)13(2)12-17(3,4)16-11-14-9-7-8-10-15(14)19-16/h6-11H,1-2,12H2,3-5H3. The molecule has 0 bridgehead atoms. The second-order valence-electron chi connectivity index (χ2n) is 5.57. The van der Waals surface area contributed by atoms with Gasteiger partial charge in [-0.05, 0) is 30.1 Å². The first kappa shape index (κ1) is 13.9. The Hall–Kier alpha value is -1.54. The highest BCUT2D eigenvalue weighted by Gasteiger charge is 2.24. The average Bonchev–Trinajstić information content (AvgIpc) is 2.81. The Balaban J connectivity index is 2.28. The summed E-state index contributed by atoms with van der Waals surface area (Å²) in [6.45, 7) is 12.5. The van der Waals surface area contributed by atoms with Crippen molar-refractivity contribution in [1.29, 1.82) is 0 Å². The molecule has 2 aromatic rings. The lowest BCUT2D eigenvalue weighted by Gasteiger charge is -2.27. The molecule has 0 N–H and O–H groups in total. The lowest BCUT2D eigenvalue weighted by molar-refractivity contribution is 0.448. The fourth-order valence-electron chi connectivity index (χ4n) is 2.17. The Bertz CT molecular complexity index is 574. The molecular formula is C17H21NS. The largest absolute Gasteiger partial charge is 0.356 e. The zero-order chi connectivity index (χ0) is 14.0. The highest BCUT2D eigenvalue weighted by Crippen LogP contribution is 2.38. The van der Waals surface area contributed by atoms with Crippen LogP contribution in [0.4, 0.5) is 0 Å². The third-order valence-corrected chi connectivity index (χ3v) is 4.99. The molecule has 1 nitrogen and oxygen atoms in total. The molecule has 0 aliphatic rings. The summed E-state index contributed by atoms with van der Waals surface area (Å²) in [5.41, 5.74) is 1.19. The van der Waals surface area contributed by atoms with Gasteiger partial charge in [0.25, 0.3) is 0 Å². The minimum Gasteiger partial charge on any atom is -0.356 e. The monoisotopic (exact) mass is 271 g/mol. The van der Waals surface area contributed by atoms with Crippen molar-refractivity contribution >= 4 is 21.4 Å². The van der Waals surface area contributed by atoms with Gasteiger partial charge < -0.3 is 4.90 Å². The van der Waals surface area contributed by atoms with Crippen LogP contribution in [0, 0.1) is 0 Å². The number of rotatable bonds is 5. The van der Waals surface area contributed by atoms with Crippen molar-refractivity contribution in [1.82, 2.24) is 4.90 Å². The molecule has 0 fully saturated rings. The van der Waals surface area contributed by atoms with Gasteiger partial charge >= 0.3 is 0 Å². The number of allylic oxidation sites excluding steroid dienone is 1. The first-order valence-electron chi connectivity index (χ1n) is 6.46. The molecule has 1 aromatic heterocycles. The van der Waals surface area contributed by atoms with Crippen molar-refractivity contribution in [3.05, 3.63) is 60.3 Å². The zero-order valence-corrected chi connectivity index (χ0v) is 12.8. The van der Waals surface area contributed by atoms with Gasteiger partial charge in [-0.25, -0.2) is 0 Å². The fraction of sp³-hybridized carbons (Fsp3) is 0.294. The maximum Gasteiger partial charge on any atom is 0.0345 e. The van der Waals surface area contributed by atoms with Crippen LogP contribution in [0.5, 0.6) is 0 Å². The van der Waals surface area contributed by atoms with E-state index in [1.165, 1.54) is 15.0 Å². The third-order valence-electron chi connectivity index (χ3n) is 3.51. The summed E-state index contributed by atoms with van der Waals surface area (Å²) in [6.07, 6.45) is 2.74. The molecule has 2 heteroatoms. The summed E-state index contributed by atoms with van der Waals surface area (Å²) in [5, 5.41) is 1.33. The van der Waals surface area contributed by atoms with E-state index in [1.807, 2.05) is 29.5 Å². The summed E-state index contributed by atoms with van der Waals surface area (Å²) >= 11 is 1.88. The summed E-state index contributed by atoms with van der Waals surface area (Å²) in [7, 11) is 2.00. The molecule has 0 saturated carbocycles. The molecule has 2 rings (SSSR count). The predicted octanol–water partition coefficient (Wildman–Crippen LogP) is 5.16. The number of fused-ring (bicyclic) bond motifs is 1. The number of hydrogen-bond donors (Lipinski definition) is 0. The van der Waals surface area contributed by atoms with Crippen molar-refractivity contribution in [2.45, 2.75) is 25.7 Å². The van der Waals surface area contributed by atoms with Gasteiger partial charge in [0.1, 0.15) is 0 Å².